The number of methoxy groups -OCH3 is 1. The van der Waals surface area contributed by atoms with E-state index in [-0.39, 0.29) is 11.8 Å². The molecule has 0 bridgehead atoms. The fraction of sp³-hybridized carbons (Fsp3) is 0.346. The van der Waals surface area contributed by atoms with Crippen molar-refractivity contribution in [3.05, 3.63) is 71.5 Å². The van der Waals surface area contributed by atoms with Crippen LogP contribution in [0.1, 0.15) is 28.0 Å². The maximum Gasteiger partial charge on any atom is 0.272 e. The van der Waals surface area contributed by atoms with Crippen LogP contribution in [0.5, 0.6) is 5.75 Å². The lowest BCUT2D eigenvalue weighted by atomic mass is 10.2. The Bertz CT molecular complexity index is 1170. The van der Waals surface area contributed by atoms with Gasteiger partial charge in [-0.15, -0.1) is 0 Å². The van der Waals surface area contributed by atoms with Crippen LogP contribution in [-0.2, 0) is 16.1 Å². The van der Waals surface area contributed by atoms with E-state index in [9.17, 15) is 9.59 Å². The van der Waals surface area contributed by atoms with E-state index in [1.54, 1.807) is 24.1 Å². The van der Waals surface area contributed by atoms with Crippen LogP contribution in [0.2, 0.25) is 0 Å². The molecule has 9 nitrogen and oxygen atoms in total. The highest BCUT2D eigenvalue weighted by Crippen LogP contribution is 2.23. The molecule has 1 fully saturated rings. The van der Waals surface area contributed by atoms with Crippen LogP contribution in [0.4, 0.5) is 5.69 Å². The first kappa shape index (κ1) is 24.4. The van der Waals surface area contributed by atoms with Crippen molar-refractivity contribution in [3.8, 4) is 11.4 Å². The third-order valence-corrected chi connectivity index (χ3v) is 5.83. The molecule has 0 aliphatic carbocycles. The molecule has 2 N–H and O–H groups in total. The number of benzene rings is 2. The van der Waals surface area contributed by atoms with Crippen LogP contribution < -0.4 is 15.4 Å². The van der Waals surface area contributed by atoms with Gasteiger partial charge in [-0.3, -0.25) is 14.5 Å². The number of aryl methyl sites for hydroxylation is 1. The Hall–Kier alpha value is -3.69. The van der Waals surface area contributed by atoms with Gasteiger partial charge in [-0.05, 0) is 48.4 Å². The summed E-state index contributed by atoms with van der Waals surface area (Å²) in [5.74, 6) is 0.361. The monoisotopic (exact) mass is 477 g/mol. The second-order valence-electron chi connectivity index (χ2n) is 8.46. The minimum atomic E-state index is -0.282. The van der Waals surface area contributed by atoms with Gasteiger partial charge in [-0.1, -0.05) is 18.2 Å². The van der Waals surface area contributed by atoms with E-state index in [4.69, 9.17) is 9.47 Å². The summed E-state index contributed by atoms with van der Waals surface area (Å²) in [5, 5.41) is 10.2. The zero-order valence-electron chi connectivity index (χ0n) is 20.1. The second-order valence-corrected chi connectivity index (χ2v) is 8.46. The number of amides is 2. The van der Waals surface area contributed by atoms with E-state index < -0.39 is 0 Å². The number of carbonyl (C=O) groups is 2. The summed E-state index contributed by atoms with van der Waals surface area (Å²) in [6.07, 6.45) is 2.16. The van der Waals surface area contributed by atoms with Crippen molar-refractivity contribution in [2.75, 3.05) is 45.3 Å². The molecule has 2 amide bonds. The minimum absolute atomic E-state index is 0.0326. The lowest BCUT2D eigenvalue weighted by Crippen LogP contribution is -2.38. The third-order valence-electron chi connectivity index (χ3n) is 5.83. The molecule has 0 atom stereocenters. The van der Waals surface area contributed by atoms with Crippen LogP contribution in [0.25, 0.3) is 5.69 Å². The number of morpholine rings is 1. The van der Waals surface area contributed by atoms with Crippen molar-refractivity contribution < 1.29 is 19.1 Å². The molecular weight excluding hydrogens is 446 g/mol. The number of hydrogen-bond acceptors (Lipinski definition) is 6. The highest BCUT2D eigenvalue weighted by Gasteiger charge is 2.14. The average molecular weight is 478 g/mol. The molecule has 9 heteroatoms. The quantitative estimate of drug-likeness (QED) is 0.492. The van der Waals surface area contributed by atoms with Gasteiger partial charge in [0.05, 0.1) is 20.3 Å². The second kappa shape index (κ2) is 11.6. The standard InChI is InChI=1S/C26H31N5O4/c1-19-6-7-24(34-2)23(16-19)31-11-8-22(29-31)26(33)27-18-20-4-3-5-21(17-20)28-25(32)9-10-30-12-14-35-15-13-30/h3-8,11,16-17H,9-10,12-15,18H2,1-2H3,(H,27,33)(H,28,32). The third kappa shape index (κ3) is 6.68. The van der Waals surface area contributed by atoms with Gasteiger partial charge in [0, 0.05) is 44.5 Å². The Morgan fingerprint density at radius 3 is 2.74 bits per heavy atom. The predicted molar refractivity (Wildman–Crippen MR) is 133 cm³/mol. The summed E-state index contributed by atoms with van der Waals surface area (Å²) in [7, 11) is 1.60. The Kier molecular flexibility index (Phi) is 8.12. The first-order valence-corrected chi connectivity index (χ1v) is 11.7. The number of nitrogens with zero attached hydrogens (tertiary/aromatic N) is 3. The highest BCUT2D eigenvalue weighted by molar-refractivity contribution is 5.92. The number of aromatic nitrogens is 2. The van der Waals surface area contributed by atoms with E-state index in [2.05, 4.69) is 20.6 Å². The molecule has 0 unspecified atom stereocenters. The van der Waals surface area contributed by atoms with Crippen LogP contribution in [0.15, 0.2) is 54.7 Å². The number of ether oxygens (including phenoxy) is 2. The molecule has 2 heterocycles. The zero-order chi connectivity index (χ0) is 24.6. The van der Waals surface area contributed by atoms with E-state index in [1.807, 2.05) is 49.4 Å². The number of hydrogen-bond donors (Lipinski definition) is 2. The van der Waals surface area contributed by atoms with E-state index in [1.165, 1.54) is 0 Å². The first-order chi connectivity index (χ1) is 17.0. The summed E-state index contributed by atoms with van der Waals surface area (Å²) in [6, 6.07) is 14.9. The molecule has 0 spiro atoms. The lowest BCUT2D eigenvalue weighted by Gasteiger charge is -2.26. The fourth-order valence-corrected chi connectivity index (χ4v) is 3.90. The van der Waals surface area contributed by atoms with Crippen LogP contribution in [0, 0.1) is 6.92 Å². The lowest BCUT2D eigenvalue weighted by molar-refractivity contribution is -0.116. The Morgan fingerprint density at radius 2 is 1.94 bits per heavy atom. The van der Waals surface area contributed by atoms with Crippen LogP contribution >= 0.6 is 0 Å². The van der Waals surface area contributed by atoms with Gasteiger partial charge in [0.2, 0.25) is 5.91 Å². The van der Waals surface area contributed by atoms with Gasteiger partial charge in [-0.25, -0.2) is 4.68 Å². The molecule has 0 radical (unpaired) electrons. The van der Waals surface area contributed by atoms with Gasteiger partial charge in [-0.2, -0.15) is 5.10 Å². The molecule has 4 rings (SSSR count). The van der Waals surface area contributed by atoms with E-state index in [0.717, 1.165) is 43.1 Å². The summed E-state index contributed by atoms with van der Waals surface area (Å²) in [6.45, 7) is 6.17. The summed E-state index contributed by atoms with van der Waals surface area (Å²) >= 11 is 0. The predicted octanol–water partition coefficient (Wildman–Crippen LogP) is 2.78. The van der Waals surface area contributed by atoms with Gasteiger partial charge >= 0.3 is 0 Å². The van der Waals surface area contributed by atoms with Crippen molar-refractivity contribution in [2.24, 2.45) is 0 Å². The van der Waals surface area contributed by atoms with Crippen molar-refractivity contribution in [1.29, 1.82) is 0 Å². The van der Waals surface area contributed by atoms with Crippen LogP contribution in [0.3, 0.4) is 0 Å². The van der Waals surface area contributed by atoms with Crippen molar-refractivity contribution in [1.82, 2.24) is 20.0 Å². The Balaban J connectivity index is 1.30. The minimum Gasteiger partial charge on any atom is -0.494 e. The molecule has 3 aromatic rings. The Labute approximate surface area is 205 Å². The average Bonchev–Trinajstić information content (AvgIpc) is 3.37. The number of anilines is 1. The van der Waals surface area contributed by atoms with Crippen molar-refractivity contribution in [3.63, 3.8) is 0 Å². The molecule has 0 saturated carbocycles. The van der Waals surface area contributed by atoms with Gasteiger partial charge < -0.3 is 20.1 Å². The molecule has 184 valence electrons. The highest BCUT2D eigenvalue weighted by atomic mass is 16.5. The van der Waals surface area contributed by atoms with E-state index >= 15 is 0 Å². The van der Waals surface area contributed by atoms with Gasteiger partial charge in [0.1, 0.15) is 11.4 Å². The molecule has 1 aliphatic heterocycles. The number of carbonyl (C=O) groups excluding carboxylic acids is 2. The molecule has 1 aromatic heterocycles. The number of nitrogens with one attached hydrogen (secondary N) is 2. The molecule has 1 aliphatic rings. The normalized spacial score (nSPS) is 13.9. The first-order valence-electron chi connectivity index (χ1n) is 11.7. The molecule has 35 heavy (non-hydrogen) atoms. The molecular formula is C26H31N5O4. The summed E-state index contributed by atoms with van der Waals surface area (Å²) < 4.78 is 12.4. The smallest absolute Gasteiger partial charge is 0.272 e. The summed E-state index contributed by atoms with van der Waals surface area (Å²) in [4.78, 5) is 27.3. The number of rotatable bonds is 9. The maximum atomic E-state index is 12.7. The van der Waals surface area contributed by atoms with Gasteiger partial charge in [0.15, 0.2) is 5.69 Å². The topological polar surface area (TPSA) is 97.7 Å². The van der Waals surface area contributed by atoms with E-state index in [0.29, 0.717) is 36.6 Å². The SMILES string of the molecule is COc1ccc(C)cc1-n1ccc(C(=O)NCc2cccc(NC(=O)CCN3CCOCC3)c2)n1. The zero-order valence-corrected chi connectivity index (χ0v) is 20.1. The van der Waals surface area contributed by atoms with Gasteiger partial charge in [0.25, 0.3) is 5.91 Å². The molecule has 2 aromatic carbocycles. The summed E-state index contributed by atoms with van der Waals surface area (Å²) in [5.41, 5.74) is 3.73. The Morgan fingerprint density at radius 1 is 1.11 bits per heavy atom. The van der Waals surface area contributed by atoms with Crippen molar-refractivity contribution in [2.45, 2.75) is 19.9 Å². The molecule has 1 saturated heterocycles. The maximum absolute atomic E-state index is 12.7. The fourth-order valence-electron chi connectivity index (χ4n) is 3.90. The van der Waals surface area contributed by atoms with Crippen LogP contribution in [-0.4, -0.2) is 66.5 Å². The van der Waals surface area contributed by atoms with Crippen molar-refractivity contribution >= 4 is 17.5 Å². The largest absolute Gasteiger partial charge is 0.494 e.